The third kappa shape index (κ3) is 2.72. The summed E-state index contributed by atoms with van der Waals surface area (Å²) in [6.45, 7) is 0. The molecule has 0 amide bonds. The van der Waals surface area contributed by atoms with Crippen LogP contribution in [0.1, 0.15) is 0 Å². The molecule has 21 heavy (non-hydrogen) atoms. The van der Waals surface area contributed by atoms with Crippen LogP contribution in [0.3, 0.4) is 0 Å². The summed E-state index contributed by atoms with van der Waals surface area (Å²) in [5.74, 6) is 2.52. The highest BCUT2D eigenvalue weighted by molar-refractivity contribution is 5.59. The Labute approximate surface area is 122 Å². The molecular formula is C16H14N2O3. The van der Waals surface area contributed by atoms with Gasteiger partial charge in [0.05, 0.1) is 14.2 Å². The first-order valence-electron chi connectivity index (χ1n) is 6.42. The molecule has 2 aromatic carbocycles. The van der Waals surface area contributed by atoms with E-state index in [2.05, 4.69) is 10.2 Å². The summed E-state index contributed by atoms with van der Waals surface area (Å²) in [4.78, 5) is 0. The average molecular weight is 282 g/mol. The molecule has 0 saturated carbocycles. The molecule has 0 bridgehead atoms. The summed E-state index contributed by atoms with van der Waals surface area (Å²) >= 11 is 0. The van der Waals surface area contributed by atoms with E-state index in [1.54, 1.807) is 14.2 Å². The normalized spacial score (nSPS) is 10.4. The molecule has 0 unspecified atom stereocenters. The van der Waals surface area contributed by atoms with E-state index in [1.807, 2.05) is 48.5 Å². The highest BCUT2D eigenvalue weighted by Gasteiger charge is 2.10. The van der Waals surface area contributed by atoms with Gasteiger partial charge < -0.3 is 13.9 Å². The van der Waals surface area contributed by atoms with Gasteiger partial charge in [-0.05, 0) is 48.5 Å². The second-order valence-electron chi connectivity index (χ2n) is 4.37. The molecule has 3 aromatic rings. The highest BCUT2D eigenvalue weighted by atomic mass is 16.5. The Morgan fingerprint density at radius 2 is 1.05 bits per heavy atom. The van der Waals surface area contributed by atoms with Crippen LogP contribution in [-0.4, -0.2) is 24.4 Å². The van der Waals surface area contributed by atoms with Gasteiger partial charge in [0, 0.05) is 11.1 Å². The molecule has 1 aromatic heterocycles. The molecule has 0 atom stereocenters. The minimum Gasteiger partial charge on any atom is -0.497 e. The minimum absolute atomic E-state index is 0.475. The largest absolute Gasteiger partial charge is 0.497 e. The van der Waals surface area contributed by atoms with E-state index in [1.165, 1.54) is 0 Å². The number of hydrogen-bond acceptors (Lipinski definition) is 5. The van der Waals surface area contributed by atoms with E-state index in [-0.39, 0.29) is 0 Å². The van der Waals surface area contributed by atoms with Gasteiger partial charge in [0.15, 0.2) is 0 Å². The quantitative estimate of drug-likeness (QED) is 0.733. The first-order valence-corrected chi connectivity index (χ1v) is 6.42. The lowest BCUT2D eigenvalue weighted by molar-refractivity contribution is 0.415. The third-order valence-electron chi connectivity index (χ3n) is 3.10. The summed E-state index contributed by atoms with van der Waals surface area (Å²) < 4.78 is 15.9. The van der Waals surface area contributed by atoms with Crippen LogP contribution in [0, 0.1) is 0 Å². The van der Waals surface area contributed by atoms with Gasteiger partial charge >= 0.3 is 0 Å². The summed E-state index contributed by atoms with van der Waals surface area (Å²) in [5, 5.41) is 8.14. The van der Waals surface area contributed by atoms with Gasteiger partial charge in [0.1, 0.15) is 11.5 Å². The number of aromatic nitrogens is 2. The summed E-state index contributed by atoms with van der Waals surface area (Å²) in [7, 11) is 3.26. The fraction of sp³-hybridized carbons (Fsp3) is 0.125. The fourth-order valence-electron chi connectivity index (χ4n) is 1.92. The van der Waals surface area contributed by atoms with Crippen LogP contribution in [-0.2, 0) is 0 Å². The predicted octanol–water partition coefficient (Wildman–Crippen LogP) is 3.42. The van der Waals surface area contributed by atoms with Crippen LogP contribution in [0.5, 0.6) is 11.5 Å². The van der Waals surface area contributed by atoms with Crippen molar-refractivity contribution in [3.63, 3.8) is 0 Å². The van der Waals surface area contributed by atoms with Gasteiger partial charge in [0.25, 0.3) is 0 Å². The van der Waals surface area contributed by atoms with E-state index in [0.717, 1.165) is 22.6 Å². The molecular weight excluding hydrogens is 268 g/mol. The molecule has 1 heterocycles. The van der Waals surface area contributed by atoms with E-state index in [0.29, 0.717) is 11.8 Å². The van der Waals surface area contributed by atoms with Crippen LogP contribution in [0.15, 0.2) is 52.9 Å². The Hall–Kier alpha value is -2.82. The maximum absolute atomic E-state index is 5.70. The fourth-order valence-corrected chi connectivity index (χ4v) is 1.92. The van der Waals surface area contributed by atoms with Gasteiger partial charge in [-0.2, -0.15) is 0 Å². The first kappa shape index (κ1) is 13.2. The van der Waals surface area contributed by atoms with Crippen LogP contribution in [0.4, 0.5) is 0 Å². The lowest BCUT2D eigenvalue weighted by Gasteiger charge is -2.00. The zero-order valence-corrected chi connectivity index (χ0v) is 11.7. The van der Waals surface area contributed by atoms with Crippen molar-refractivity contribution in [1.82, 2.24) is 10.2 Å². The number of hydrogen-bond donors (Lipinski definition) is 0. The van der Waals surface area contributed by atoms with E-state index in [4.69, 9.17) is 13.9 Å². The molecule has 0 aliphatic heterocycles. The molecule has 106 valence electrons. The second-order valence-corrected chi connectivity index (χ2v) is 4.37. The van der Waals surface area contributed by atoms with Gasteiger partial charge in [-0.1, -0.05) is 0 Å². The standard InChI is InChI=1S/C16H14N2O3/c1-19-13-7-3-11(4-8-13)15-17-18-16(21-15)12-5-9-14(20-2)10-6-12/h3-10H,1-2H3. The molecule has 0 saturated heterocycles. The van der Waals surface area contributed by atoms with E-state index in [9.17, 15) is 0 Å². The van der Waals surface area contributed by atoms with Crippen molar-refractivity contribution in [2.75, 3.05) is 14.2 Å². The van der Waals surface area contributed by atoms with Crippen molar-refractivity contribution in [3.05, 3.63) is 48.5 Å². The number of nitrogens with zero attached hydrogens (tertiary/aromatic N) is 2. The monoisotopic (exact) mass is 282 g/mol. The molecule has 5 heteroatoms. The average Bonchev–Trinajstić information content (AvgIpc) is 3.05. The van der Waals surface area contributed by atoms with Crippen molar-refractivity contribution >= 4 is 0 Å². The highest BCUT2D eigenvalue weighted by Crippen LogP contribution is 2.26. The zero-order valence-electron chi connectivity index (χ0n) is 11.7. The topological polar surface area (TPSA) is 57.4 Å². The number of rotatable bonds is 4. The summed E-state index contributed by atoms with van der Waals surface area (Å²) in [5.41, 5.74) is 1.70. The van der Waals surface area contributed by atoms with E-state index < -0.39 is 0 Å². The van der Waals surface area contributed by atoms with E-state index >= 15 is 0 Å². The Kier molecular flexibility index (Phi) is 3.55. The van der Waals surface area contributed by atoms with Gasteiger partial charge in [-0.3, -0.25) is 0 Å². The van der Waals surface area contributed by atoms with Gasteiger partial charge in [-0.15, -0.1) is 10.2 Å². The Balaban J connectivity index is 1.87. The minimum atomic E-state index is 0.475. The lowest BCUT2D eigenvalue weighted by atomic mass is 10.2. The second kappa shape index (κ2) is 5.66. The third-order valence-corrected chi connectivity index (χ3v) is 3.10. The predicted molar refractivity (Wildman–Crippen MR) is 78.3 cm³/mol. The lowest BCUT2D eigenvalue weighted by Crippen LogP contribution is -1.82. The Morgan fingerprint density at radius 1 is 0.667 bits per heavy atom. The van der Waals surface area contributed by atoms with Gasteiger partial charge in [0.2, 0.25) is 11.8 Å². The molecule has 0 fully saturated rings. The first-order chi connectivity index (χ1) is 10.3. The van der Waals surface area contributed by atoms with Crippen LogP contribution in [0.2, 0.25) is 0 Å². The molecule has 0 N–H and O–H groups in total. The zero-order chi connectivity index (χ0) is 14.7. The number of ether oxygens (including phenoxy) is 2. The van der Waals surface area contributed by atoms with Crippen LogP contribution >= 0.6 is 0 Å². The molecule has 0 radical (unpaired) electrons. The van der Waals surface area contributed by atoms with Crippen molar-refractivity contribution in [2.24, 2.45) is 0 Å². The number of benzene rings is 2. The summed E-state index contributed by atoms with van der Waals surface area (Å²) in [6, 6.07) is 14.9. The maximum Gasteiger partial charge on any atom is 0.248 e. The summed E-state index contributed by atoms with van der Waals surface area (Å²) in [6.07, 6.45) is 0. The molecule has 0 aliphatic rings. The molecule has 5 nitrogen and oxygen atoms in total. The molecule has 0 spiro atoms. The number of methoxy groups -OCH3 is 2. The Bertz CT molecular complexity index is 656. The smallest absolute Gasteiger partial charge is 0.248 e. The van der Waals surface area contributed by atoms with Crippen molar-refractivity contribution in [1.29, 1.82) is 0 Å². The van der Waals surface area contributed by atoms with Crippen molar-refractivity contribution < 1.29 is 13.9 Å². The van der Waals surface area contributed by atoms with Crippen LogP contribution in [0.25, 0.3) is 22.9 Å². The molecule has 0 aliphatic carbocycles. The maximum atomic E-state index is 5.70. The Morgan fingerprint density at radius 3 is 1.38 bits per heavy atom. The van der Waals surface area contributed by atoms with Crippen LogP contribution < -0.4 is 9.47 Å². The SMILES string of the molecule is COc1ccc(-c2nnc(-c3ccc(OC)cc3)o2)cc1. The van der Waals surface area contributed by atoms with Gasteiger partial charge in [-0.25, -0.2) is 0 Å². The molecule has 3 rings (SSSR count). The van der Waals surface area contributed by atoms with Crippen molar-refractivity contribution in [2.45, 2.75) is 0 Å². The van der Waals surface area contributed by atoms with Crippen molar-refractivity contribution in [3.8, 4) is 34.4 Å².